The minimum Gasteiger partial charge on any atom is -0.464 e. The maximum atomic E-state index is 12.2. The molecule has 0 saturated heterocycles. The average molecular weight is 406 g/mol. The van der Waals surface area contributed by atoms with Crippen LogP contribution in [0.1, 0.15) is 36.1 Å². The third-order valence-corrected chi connectivity index (χ3v) is 6.92. The lowest BCUT2D eigenvalue weighted by atomic mass is 10.2. The molecule has 0 amide bonds. The Bertz CT molecular complexity index is 846. The molecule has 27 heavy (non-hydrogen) atoms. The molecule has 0 fully saturated rings. The third kappa shape index (κ3) is 5.74. The zero-order valence-electron chi connectivity index (χ0n) is 17.0. The van der Waals surface area contributed by atoms with E-state index in [0.717, 1.165) is 5.56 Å². The summed E-state index contributed by atoms with van der Waals surface area (Å²) in [5, 5.41) is 2.01. The third-order valence-electron chi connectivity index (χ3n) is 3.78. The second-order valence-electron chi connectivity index (χ2n) is 8.38. The van der Waals surface area contributed by atoms with E-state index in [4.69, 9.17) is 9.47 Å². The summed E-state index contributed by atoms with van der Waals surface area (Å²) in [5.74, 6) is -0.934. The number of ether oxygens (including phenoxy) is 2. The highest BCUT2D eigenvalue weighted by atomic mass is 32.1. The maximum Gasteiger partial charge on any atom is 0.357 e. The fraction of sp³-hybridized carbons (Fsp3) is 0.450. The van der Waals surface area contributed by atoms with Crippen LogP contribution in [0.4, 0.5) is 0 Å². The van der Waals surface area contributed by atoms with Crippen LogP contribution in [0.3, 0.4) is 0 Å². The van der Waals surface area contributed by atoms with Crippen molar-refractivity contribution >= 4 is 36.5 Å². The van der Waals surface area contributed by atoms with E-state index in [9.17, 15) is 9.59 Å². The second kappa shape index (κ2) is 7.94. The highest BCUT2D eigenvalue weighted by molar-refractivity contribution is 7.15. The summed E-state index contributed by atoms with van der Waals surface area (Å²) >= 11 is 1.33. The van der Waals surface area contributed by atoms with Gasteiger partial charge in [0.25, 0.3) is 0 Å². The number of carbonyl (C=O) groups is 2. The first-order valence-corrected chi connectivity index (χ1v) is 13.1. The molecule has 2 rings (SSSR count). The van der Waals surface area contributed by atoms with Gasteiger partial charge in [0.2, 0.25) is 0 Å². The molecular weight excluding hydrogens is 378 g/mol. The second-order valence-corrected chi connectivity index (χ2v) is 14.5. The summed E-state index contributed by atoms with van der Waals surface area (Å²) in [6.45, 7) is 12.3. The van der Waals surface area contributed by atoms with Gasteiger partial charge in [0.1, 0.15) is 10.6 Å². The van der Waals surface area contributed by atoms with Gasteiger partial charge in [-0.15, -0.1) is 11.3 Å². The first-order valence-electron chi connectivity index (χ1n) is 8.81. The van der Waals surface area contributed by atoms with Gasteiger partial charge >= 0.3 is 11.9 Å². The van der Waals surface area contributed by atoms with Crippen molar-refractivity contribution in [2.24, 2.45) is 0 Å². The van der Waals surface area contributed by atoms with Gasteiger partial charge in [-0.05, 0) is 20.8 Å². The minimum atomic E-state index is -1.47. The van der Waals surface area contributed by atoms with E-state index in [-0.39, 0.29) is 12.1 Å². The van der Waals surface area contributed by atoms with E-state index >= 15 is 0 Å². The number of hydrogen-bond acceptors (Lipinski definition) is 6. The summed E-state index contributed by atoms with van der Waals surface area (Å²) in [5.41, 5.74) is 0.545. The molecule has 0 bridgehead atoms. The van der Waals surface area contributed by atoms with Crippen LogP contribution in [0.2, 0.25) is 19.6 Å². The van der Waals surface area contributed by atoms with Gasteiger partial charge in [-0.3, -0.25) is 4.79 Å². The van der Waals surface area contributed by atoms with Crippen LogP contribution in [0.15, 0.2) is 24.3 Å². The number of hydrogen-bond donors (Lipinski definition) is 0. The van der Waals surface area contributed by atoms with Crippen LogP contribution in [0.25, 0.3) is 10.6 Å². The Balaban J connectivity index is 2.41. The fourth-order valence-corrected chi connectivity index (χ4v) is 4.69. The van der Waals surface area contributed by atoms with Gasteiger partial charge < -0.3 is 9.47 Å². The molecule has 0 aliphatic carbocycles. The van der Waals surface area contributed by atoms with Gasteiger partial charge in [0.15, 0.2) is 5.69 Å². The van der Waals surface area contributed by atoms with E-state index in [1.54, 1.807) is 0 Å². The molecule has 1 heterocycles. The molecule has 0 radical (unpaired) electrons. The van der Waals surface area contributed by atoms with Gasteiger partial charge in [-0.25, -0.2) is 9.78 Å². The molecule has 1 aromatic carbocycles. The Morgan fingerprint density at radius 1 is 1.19 bits per heavy atom. The summed E-state index contributed by atoms with van der Waals surface area (Å²) in [6, 6.07) is 8.24. The number of carbonyl (C=O) groups excluding carboxylic acids is 2. The average Bonchev–Trinajstić information content (AvgIpc) is 2.95. The van der Waals surface area contributed by atoms with Crippen molar-refractivity contribution in [3.8, 4) is 10.6 Å². The van der Waals surface area contributed by atoms with Gasteiger partial charge in [-0.2, -0.15) is 0 Å². The molecule has 0 saturated carbocycles. The van der Waals surface area contributed by atoms with Crippen molar-refractivity contribution in [1.29, 1.82) is 0 Å². The Hall–Kier alpha value is -1.99. The quantitative estimate of drug-likeness (QED) is 0.555. The summed E-state index contributed by atoms with van der Waals surface area (Å²) < 4.78 is 10.2. The number of nitrogens with zero attached hydrogens (tertiary/aromatic N) is 1. The highest BCUT2D eigenvalue weighted by Crippen LogP contribution is 2.29. The van der Waals surface area contributed by atoms with Crippen molar-refractivity contribution in [3.05, 3.63) is 34.8 Å². The minimum absolute atomic E-state index is 0.00686. The zero-order chi connectivity index (χ0) is 20.4. The van der Waals surface area contributed by atoms with Crippen LogP contribution in [-0.4, -0.2) is 37.7 Å². The van der Waals surface area contributed by atoms with E-state index in [0.29, 0.717) is 9.88 Å². The number of esters is 2. The number of benzene rings is 1. The SMILES string of the molecule is COC(=O)c1nc(-c2cccc([Si](C)(C)C)c2)sc1CC(=O)OC(C)(C)C. The lowest BCUT2D eigenvalue weighted by Crippen LogP contribution is -2.37. The standard InChI is InChI=1S/C20H27NO4SSi/c1-20(2,3)25-16(22)12-15-17(19(23)24-4)21-18(26-15)13-9-8-10-14(11-13)27(5,6)7/h8-11H,12H2,1-7H3. The molecule has 0 unspecified atom stereocenters. The first-order chi connectivity index (χ1) is 12.4. The monoisotopic (exact) mass is 405 g/mol. The molecule has 0 N–H and O–H groups in total. The zero-order valence-corrected chi connectivity index (χ0v) is 18.8. The van der Waals surface area contributed by atoms with Crippen LogP contribution in [0.5, 0.6) is 0 Å². The number of thiazole rings is 1. The van der Waals surface area contributed by atoms with E-state index in [2.05, 4.69) is 36.8 Å². The van der Waals surface area contributed by atoms with Crippen molar-refractivity contribution in [2.75, 3.05) is 7.11 Å². The van der Waals surface area contributed by atoms with Crippen molar-refractivity contribution in [1.82, 2.24) is 4.98 Å². The number of methoxy groups -OCH3 is 1. The molecule has 5 nitrogen and oxygen atoms in total. The molecule has 146 valence electrons. The van der Waals surface area contributed by atoms with Crippen LogP contribution < -0.4 is 5.19 Å². The lowest BCUT2D eigenvalue weighted by molar-refractivity contribution is -0.153. The van der Waals surface area contributed by atoms with E-state index < -0.39 is 25.6 Å². The molecular formula is C20H27NO4SSi. The van der Waals surface area contributed by atoms with Crippen LogP contribution >= 0.6 is 11.3 Å². The van der Waals surface area contributed by atoms with Crippen LogP contribution in [-0.2, 0) is 20.7 Å². The summed E-state index contributed by atoms with van der Waals surface area (Å²) in [7, 11) is -0.165. The number of rotatable bonds is 5. The predicted octanol–water partition coefficient (Wildman–Crippen LogP) is 4.03. The van der Waals surface area contributed by atoms with Crippen molar-refractivity contribution < 1.29 is 19.1 Å². The lowest BCUT2D eigenvalue weighted by Gasteiger charge is -2.19. The molecule has 1 aromatic heterocycles. The number of aromatic nitrogens is 1. The predicted molar refractivity (Wildman–Crippen MR) is 111 cm³/mol. The summed E-state index contributed by atoms with van der Waals surface area (Å²) in [4.78, 5) is 29.4. The Morgan fingerprint density at radius 3 is 2.41 bits per heavy atom. The summed E-state index contributed by atoms with van der Waals surface area (Å²) in [6.07, 6.45) is -0.00686. The smallest absolute Gasteiger partial charge is 0.357 e. The Morgan fingerprint density at radius 2 is 1.85 bits per heavy atom. The molecule has 0 atom stereocenters. The topological polar surface area (TPSA) is 65.5 Å². The van der Waals surface area contributed by atoms with Gasteiger partial charge in [-0.1, -0.05) is 49.1 Å². The Kier molecular flexibility index (Phi) is 6.27. The first kappa shape index (κ1) is 21.3. The molecule has 2 aromatic rings. The van der Waals surface area contributed by atoms with Crippen LogP contribution in [0, 0.1) is 0 Å². The molecule has 0 spiro atoms. The fourth-order valence-electron chi connectivity index (χ4n) is 2.48. The molecule has 0 aliphatic heterocycles. The largest absolute Gasteiger partial charge is 0.464 e. The Labute approximate surface area is 165 Å². The van der Waals surface area contributed by atoms with Gasteiger partial charge in [0.05, 0.1) is 26.5 Å². The van der Waals surface area contributed by atoms with Crippen molar-refractivity contribution in [3.63, 3.8) is 0 Å². The molecule has 7 heteroatoms. The van der Waals surface area contributed by atoms with Crippen molar-refractivity contribution in [2.45, 2.75) is 52.4 Å². The highest BCUT2D eigenvalue weighted by Gasteiger charge is 2.25. The maximum absolute atomic E-state index is 12.2. The molecule has 0 aliphatic rings. The van der Waals surface area contributed by atoms with Gasteiger partial charge in [0, 0.05) is 5.56 Å². The van der Waals surface area contributed by atoms with E-state index in [1.807, 2.05) is 32.9 Å². The normalized spacial score (nSPS) is 12.0. The van der Waals surface area contributed by atoms with E-state index in [1.165, 1.54) is 23.6 Å².